The molecule has 0 unspecified atom stereocenters. The molecule has 0 bridgehead atoms. The van der Waals surface area contributed by atoms with Crippen molar-refractivity contribution in [1.82, 2.24) is 40.0 Å². The SMILES string of the molecule is CC(C)N1CCN(c2ncc(Br)cn2)CC1.CC(C)N1CCN(c2ncc(C(C)(C)NC(=O)c3cc4[nH]c5ccccc5c(=O)c4cc3F)cn2)CC1. The first-order valence-electron chi connectivity index (χ1n) is 18.2. The number of H-pyrrole nitrogens is 1. The van der Waals surface area contributed by atoms with Crippen LogP contribution in [0.5, 0.6) is 0 Å². The fraction of sp³-hybridized carbons (Fsp3) is 0.436. The Kier molecular flexibility index (Phi) is 11.7. The zero-order valence-corrected chi connectivity index (χ0v) is 32.8. The molecule has 7 rings (SSSR count). The van der Waals surface area contributed by atoms with Gasteiger partial charge in [0.1, 0.15) is 5.82 Å². The predicted octanol–water partition coefficient (Wildman–Crippen LogP) is 5.58. The van der Waals surface area contributed by atoms with Crippen molar-refractivity contribution < 1.29 is 9.18 Å². The second-order valence-electron chi connectivity index (χ2n) is 14.7. The highest BCUT2D eigenvalue weighted by molar-refractivity contribution is 9.10. The van der Waals surface area contributed by atoms with Gasteiger partial charge in [-0.05, 0) is 81.7 Å². The Morgan fingerprint density at radius 1 is 0.774 bits per heavy atom. The topological polar surface area (TPSA) is 126 Å². The first-order valence-corrected chi connectivity index (χ1v) is 18.9. The largest absolute Gasteiger partial charge is 0.354 e. The van der Waals surface area contributed by atoms with Crippen molar-refractivity contribution in [3.8, 4) is 0 Å². The summed E-state index contributed by atoms with van der Waals surface area (Å²) in [6.07, 6.45) is 7.02. The van der Waals surface area contributed by atoms with Crippen molar-refractivity contribution in [2.75, 3.05) is 62.2 Å². The van der Waals surface area contributed by atoms with Gasteiger partial charge in [-0.15, -0.1) is 0 Å². The molecule has 0 radical (unpaired) electrons. The molecule has 0 aliphatic carbocycles. The summed E-state index contributed by atoms with van der Waals surface area (Å²) in [6.45, 7) is 20.4. The molecule has 2 N–H and O–H groups in total. The number of piperazine rings is 2. The molecule has 2 aliphatic rings. The fourth-order valence-corrected chi connectivity index (χ4v) is 6.90. The Morgan fingerprint density at radius 3 is 1.81 bits per heavy atom. The molecule has 2 aliphatic heterocycles. The minimum absolute atomic E-state index is 0.146. The molecule has 0 atom stereocenters. The first-order chi connectivity index (χ1) is 25.3. The number of carbonyl (C=O) groups is 1. The van der Waals surface area contributed by atoms with Crippen LogP contribution in [0.25, 0.3) is 21.8 Å². The molecule has 2 saturated heterocycles. The number of nitrogens with one attached hydrogen (secondary N) is 2. The van der Waals surface area contributed by atoms with Crippen molar-refractivity contribution in [2.45, 2.75) is 59.2 Å². The Bertz CT molecular complexity index is 2090. The van der Waals surface area contributed by atoms with E-state index < -0.39 is 17.3 Å². The number of carbonyl (C=O) groups excluding carboxylic acids is 1. The maximum absolute atomic E-state index is 15.0. The van der Waals surface area contributed by atoms with Gasteiger partial charge in [0.05, 0.1) is 21.1 Å². The van der Waals surface area contributed by atoms with Gasteiger partial charge >= 0.3 is 0 Å². The van der Waals surface area contributed by atoms with E-state index in [1.807, 2.05) is 19.9 Å². The molecule has 3 aromatic heterocycles. The normalized spacial score (nSPS) is 16.0. The number of amides is 1. The van der Waals surface area contributed by atoms with E-state index in [4.69, 9.17) is 0 Å². The minimum atomic E-state index is -0.857. The molecular weight excluding hydrogens is 739 g/mol. The van der Waals surface area contributed by atoms with Crippen LogP contribution in [0.15, 0.2) is 70.5 Å². The van der Waals surface area contributed by atoms with E-state index in [-0.39, 0.29) is 16.4 Å². The van der Waals surface area contributed by atoms with Crippen molar-refractivity contribution in [2.24, 2.45) is 0 Å². The standard InChI is InChI=1S/C28H31FN6O2.C11H17BrN4/c1-17(2)34-9-11-35(12-10-34)27-30-15-18(16-31-27)28(3,4)33-26(37)20-14-24-21(13-22(20)29)25(36)19-7-5-6-8-23(19)32-24;1-9(2)15-3-5-16(6-4-15)11-13-7-10(12)8-14-11/h5-8,13-17H,9-12H2,1-4H3,(H,32,36)(H,33,37);7-9H,3-6H2,1-2H3. The van der Waals surface area contributed by atoms with Crippen LogP contribution in [0, 0.1) is 5.82 Å². The third-order valence-corrected chi connectivity index (χ3v) is 10.5. The van der Waals surface area contributed by atoms with Gasteiger partial charge < -0.3 is 20.1 Å². The molecule has 0 saturated carbocycles. The van der Waals surface area contributed by atoms with Gasteiger partial charge in [0.15, 0.2) is 5.43 Å². The number of rotatable bonds is 7. The van der Waals surface area contributed by atoms with Gasteiger partial charge in [0.25, 0.3) is 5.91 Å². The van der Waals surface area contributed by atoms with Crippen molar-refractivity contribution in [3.05, 3.63) is 92.8 Å². The van der Waals surface area contributed by atoms with Crippen LogP contribution in [-0.4, -0.2) is 105 Å². The molecule has 280 valence electrons. The summed E-state index contributed by atoms with van der Waals surface area (Å²) in [6, 6.07) is 10.7. The van der Waals surface area contributed by atoms with Crippen LogP contribution >= 0.6 is 15.9 Å². The molecule has 0 spiro atoms. The summed E-state index contributed by atoms with van der Waals surface area (Å²) in [5.74, 6) is 0.152. The average Bonchev–Trinajstić information content (AvgIpc) is 3.15. The first kappa shape index (κ1) is 38.2. The minimum Gasteiger partial charge on any atom is -0.354 e. The second-order valence-corrected chi connectivity index (χ2v) is 15.6. The van der Waals surface area contributed by atoms with E-state index in [1.54, 1.807) is 43.0 Å². The highest BCUT2D eigenvalue weighted by Gasteiger charge is 2.28. The van der Waals surface area contributed by atoms with Crippen LogP contribution in [0.2, 0.25) is 0 Å². The fourth-order valence-electron chi connectivity index (χ4n) is 6.69. The molecule has 1 amide bonds. The van der Waals surface area contributed by atoms with E-state index in [0.29, 0.717) is 40.0 Å². The lowest BCUT2D eigenvalue weighted by atomic mass is 9.96. The molecule has 14 heteroatoms. The van der Waals surface area contributed by atoms with Gasteiger partial charge in [-0.3, -0.25) is 19.4 Å². The van der Waals surface area contributed by atoms with Gasteiger partial charge in [-0.25, -0.2) is 24.3 Å². The van der Waals surface area contributed by atoms with Gasteiger partial charge in [-0.1, -0.05) is 12.1 Å². The molecule has 5 aromatic rings. The third-order valence-electron chi connectivity index (χ3n) is 10.1. The van der Waals surface area contributed by atoms with E-state index in [1.165, 1.54) is 6.07 Å². The monoisotopic (exact) mass is 786 g/mol. The molecule has 2 fully saturated rings. The zero-order valence-electron chi connectivity index (χ0n) is 31.2. The number of hydrogen-bond acceptors (Lipinski definition) is 10. The number of benzene rings is 2. The summed E-state index contributed by atoms with van der Waals surface area (Å²) >= 11 is 3.35. The lowest BCUT2D eigenvalue weighted by molar-refractivity contribution is 0.0908. The zero-order chi connectivity index (χ0) is 37.9. The van der Waals surface area contributed by atoms with Crippen LogP contribution in [0.1, 0.15) is 57.5 Å². The van der Waals surface area contributed by atoms with Gasteiger partial charge in [0.2, 0.25) is 11.9 Å². The van der Waals surface area contributed by atoms with Crippen molar-refractivity contribution in [1.29, 1.82) is 0 Å². The van der Waals surface area contributed by atoms with Crippen LogP contribution in [0.3, 0.4) is 0 Å². The number of aromatic nitrogens is 5. The highest BCUT2D eigenvalue weighted by Crippen LogP contribution is 2.24. The quantitative estimate of drug-likeness (QED) is 0.202. The van der Waals surface area contributed by atoms with Crippen LogP contribution in [0.4, 0.5) is 16.3 Å². The average molecular weight is 788 g/mol. The molecule has 12 nitrogen and oxygen atoms in total. The number of nitrogens with zero attached hydrogens (tertiary/aromatic N) is 8. The highest BCUT2D eigenvalue weighted by atomic mass is 79.9. The molecule has 2 aromatic carbocycles. The van der Waals surface area contributed by atoms with Gasteiger partial charge in [0, 0.05) is 111 Å². The summed E-state index contributed by atoms with van der Waals surface area (Å²) in [5, 5.41) is 3.56. The Hall–Kier alpha value is -4.53. The number of pyridine rings is 1. The Labute approximate surface area is 318 Å². The predicted molar refractivity (Wildman–Crippen MR) is 212 cm³/mol. The third kappa shape index (κ3) is 8.82. The van der Waals surface area contributed by atoms with E-state index >= 15 is 4.39 Å². The lowest BCUT2D eigenvalue weighted by Gasteiger charge is -2.37. The number of para-hydroxylation sites is 1. The van der Waals surface area contributed by atoms with Crippen LogP contribution < -0.4 is 20.5 Å². The Balaban J connectivity index is 0.000000250. The molecular formula is C39H48BrFN10O2. The van der Waals surface area contributed by atoms with Crippen molar-refractivity contribution in [3.63, 3.8) is 0 Å². The van der Waals surface area contributed by atoms with E-state index in [2.05, 4.69) is 93.5 Å². The van der Waals surface area contributed by atoms with E-state index in [9.17, 15) is 9.59 Å². The summed E-state index contributed by atoms with van der Waals surface area (Å²) < 4.78 is 15.9. The maximum Gasteiger partial charge on any atom is 0.255 e. The van der Waals surface area contributed by atoms with Gasteiger partial charge in [-0.2, -0.15) is 0 Å². The van der Waals surface area contributed by atoms with E-state index in [0.717, 1.165) is 68.8 Å². The lowest BCUT2D eigenvalue weighted by Crippen LogP contribution is -2.49. The van der Waals surface area contributed by atoms with Crippen molar-refractivity contribution >= 4 is 55.5 Å². The van der Waals surface area contributed by atoms with Crippen LogP contribution in [-0.2, 0) is 5.54 Å². The number of anilines is 2. The number of fused-ring (bicyclic) bond motifs is 2. The Morgan fingerprint density at radius 2 is 1.28 bits per heavy atom. The number of halogens is 2. The second kappa shape index (κ2) is 16.2. The summed E-state index contributed by atoms with van der Waals surface area (Å²) in [5.41, 5.74) is 0.445. The molecule has 53 heavy (non-hydrogen) atoms. The maximum atomic E-state index is 15.0. The summed E-state index contributed by atoms with van der Waals surface area (Å²) in [7, 11) is 0. The smallest absolute Gasteiger partial charge is 0.255 e. The summed E-state index contributed by atoms with van der Waals surface area (Å²) in [4.78, 5) is 56.1. The molecule has 5 heterocycles. The number of hydrogen-bond donors (Lipinski definition) is 2. The number of aromatic amines is 1.